The molecule has 210 valence electrons. The van der Waals surface area contributed by atoms with Gasteiger partial charge in [0.2, 0.25) is 5.78 Å². The van der Waals surface area contributed by atoms with Gasteiger partial charge in [-0.25, -0.2) is 0 Å². The number of carbonyl (C=O) groups is 3. The number of ketones is 2. The van der Waals surface area contributed by atoms with Crippen LogP contribution in [0.1, 0.15) is 47.7 Å². The van der Waals surface area contributed by atoms with Gasteiger partial charge in [0.1, 0.15) is 28.6 Å². The summed E-state index contributed by atoms with van der Waals surface area (Å²) in [5, 5.41) is 47.2. The van der Waals surface area contributed by atoms with Crippen LogP contribution in [0.2, 0.25) is 0 Å². The van der Waals surface area contributed by atoms with E-state index in [9.17, 15) is 34.8 Å². The molecule has 0 saturated carbocycles. The Balaban J connectivity index is 1.64. The molecule has 0 heterocycles. The fourth-order valence-corrected chi connectivity index (χ4v) is 6.36. The van der Waals surface area contributed by atoms with Gasteiger partial charge in [0.25, 0.3) is 5.91 Å². The summed E-state index contributed by atoms with van der Waals surface area (Å²) in [7, 11) is 1.55. The van der Waals surface area contributed by atoms with Crippen molar-refractivity contribution in [2.24, 2.45) is 17.6 Å². The molecular weight excluding hydrogens is 516 g/mol. The molecule has 0 spiro atoms. The average Bonchev–Trinajstić information content (AvgIpc) is 2.91. The van der Waals surface area contributed by atoms with E-state index in [-0.39, 0.29) is 36.1 Å². The summed E-state index contributed by atoms with van der Waals surface area (Å²) < 4.78 is 5.63. The molecule has 0 aromatic heterocycles. The Morgan fingerprint density at radius 2 is 1.88 bits per heavy atom. The minimum absolute atomic E-state index is 0.0364. The van der Waals surface area contributed by atoms with E-state index in [0.717, 1.165) is 24.1 Å². The number of amides is 1. The molecule has 40 heavy (non-hydrogen) atoms. The van der Waals surface area contributed by atoms with E-state index < -0.39 is 52.0 Å². The van der Waals surface area contributed by atoms with Gasteiger partial charge in [-0.2, -0.15) is 0 Å². The predicted molar refractivity (Wildman–Crippen MR) is 145 cm³/mol. The number of aliphatic hydroxyl groups is 3. The van der Waals surface area contributed by atoms with E-state index >= 15 is 0 Å². The second-order valence-electron chi connectivity index (χ2n) is 10.6. The maximum Gasteiger partial charge on any atom is 0.255 e. The molecule has 0 bridgehead atoms. The molecule has 3 atom stereocenters. The first-order valence-corrected chi connectivity index (χ1v) is 13.2. The Hall–Kier alpha value is -4.15. The second kappa shape index (κ2) is 10.1. The quantitative estimate of drug-likeness (QED) is 0.224. The number of hydrogen-bond donors (Lipinski definition) is 6. The van der Waals surface area contributed by atoms with Gasteiger partial charge in [0, 0.05) is 30.0 Å². The summed E-state index contributed by atoms with van der Waals surface area (Å²) in [6.07, 6.45) is 0.985. The number of phenols is 1. The van der Waals surface area contributed by atoms with Crippen molar-refractivity contribution in [1.82, 2.24) is 5.32 Å². The number of hydrogen-bond acceptors (Lipinski definition) is 9. The average molecular weight is 549 g/mol. The Morgan fingerprint density at radius 3 is 2.55 bits per heavy atom. The molecule has 0 radical (unpaired) electrons. The lowest BCUT2D eigenvalue weighted by atomic mass is 9.60. The lowest BCUT2D eigenvalue weighted by molar-refractivity contribution is -0.144. The van der Waals surface area contributed by atoms with Crippen molar-refractivity contribution >= 4 is 17.5 Å². The third kappa shape index (κ3) is 4.06. The Morgan fingerprint density at radius 1 is 1.12 bits per heavy atom. The van der Waals surface area contributed by atoms with Gasteiger partial charge in [0.15, 0.2) is 11.4 Å². The highest BCUT2D eigenvalue weighted by molar-refractivity contribution is 6.24. The van der Waals surface area contributed by atoms with Crippen LogP contribution >= 0.6 is 0 Å². The first-order chi connectivity index (χ1) is 19.0. The zero-order valence-corrected chi connectivity index (χ0v) is 22.3. The van der Waals surface area contributed by atoms with Gasteiger partial charge in [-0.3, -0.25) is 14.4 Å². The van der Waals surface area contributed by atoms with Crippen LogP contribution in [0.5, 0.6) is 11.5 Å². The number of primary amides is 1. The first-order valence-electron chi connectivity index (χ1n) is 13.2. The van der Waals surface area contributed by atoms with Crippen molar-refractivity contribution in [2.45, 2.75) is 44.8 Å². The topological polar surface area (TPSA) is 179 Å². The molecule has 3 aliphatic rings. The molecule has 0 saturated heterocycles. The van der Waals surface area contributed by atoms with E-state index in [4.69, 9.17) is 10.5 Å². The Bertz CT molecular complexity index is 1510. The third-order valence-corrected chi connectivity index (χ3v) is 8.26. The number of fused-ring (bicyclic) bond motifs is 3. The van der Waals surface area contributed by atoms with Crippen LogP contribution in [0.4, 0.5) is 0 Å². The zero-order valence-electron chi connectivity index (χ0n) is 22.3. The lowest BCUT2D eigenvalue weighted by Crippen LogP contribution is -2.57. The molecule has 0 aliphatic heterocycles. The molecular formula is C30H32N2O8. The number of carbonyl (C=O) groups excluding carboxylic acids is 3. The second-order valence-corrected chi connectivity index (χ2v) is 10.6. The molecule has 0 unspecified atom stereocenters. The van der Waals surface area contributed by atoms with Crippen molar-refractivity contribution in [1.29, 1.82) is 0 Å². The van der Waals surface area contributed by atoms with Crippen LogP contribution in [-0.4, -0.2) is 57.2 Å². The summed E-state index contributed by atoms with van der Waals surface area (Å²) >= 11 is 0. The lowest BCUT2D eigenvalue weighted by Gasteiger charge is -2.45. The molecule has 3 aliphatic carbocycles. The Labute approximate surface area is 230 Å². The monoisotopic (exact) mass is 548 g/mol. The third-order valence-electron chi connectivity index (χ3n) is 8.26. The zero-order chi connectivity index (χ0) is 28.9. The highest BCUT2D eigenvalue weighted by atomic mass is 16.5. The standard InChI is InChI=1S/C30H32N2O8/c1-3-8-32-13-14-4-7-22(40-2)18(9-14)17-5-6-20(33)24-19(17)11-15-10-16-12-21(34)25(29(31)38)28(37)30(16,39)27(36)23(15)26(24)35/h4-7,9,15-16,32-34,36,39H,3,8,10-13H2,1-2H3,(H2,31,38)/t15-,16+,30+/m1/s1. The van der Waals surface area contributed by atoms with Gasteiger partial charge in [-0.15, -0.1) is 0 Å². The van der Waals surface area contributed by atoms with Crippen molar-refractivity contribution in [3.05, 3.63) is 69.7 Å². The smallest absolute Gasteiger partial charge is 0.255 e. The molecule has 0 fully saturated rings. The SMILES string of the molecule is CCCNCc1ccc(OC)c(-c2ccc(O)c3c2C[C@H]2C[C@H]4CC(O)=C(C(N)=O)C(=O)[C@@]4(O)C(O)=C2C3=O)c1. The fraction of sp³-hybridized carbons (Fsp3) is 0.367. The maximum atomic E-state index is 13.9. The van der Waals surface area contributed by atoms with Gasteiger partial charge in [-0.1, -0.05) is 19.1 Å². The van der Waals surface area contributed by atoms with Crippen molar-refractivity contribution in [3.63, 3.8) is 0 Å². The van der Waals surface area contributed by atoms with E-state index in [0.29, 0.717) is 23.4 Å². The van der Waals surface area contributed by atoms with Crippen LogP contribution in [0.15, 0.2) is 53.0 Å². The van der Waals surface area contributed by atoms with Crippen molar-refractivity contribution in [3.8, 4) is 22.6 Å². The summed E-state index contributed by atoms with van der Waals surface area (Å²) in [6.45, 7) is 3.56. The van der Waals surface area contributed by atoms with Crippen LogP contribution in [0.3, 0.4) is 0 Å². The number of ether oxygens (including phenoxy) is 1. The fourth-order valence-electron chi connectivity index (χ4n) is 6.36. The van der Waals surface area contributed by atoms with Crippen molar-refractivity contribution < 1.29 is 39.5 Å². The van der Waals surface area contributed by atoms with Gasteiger partial charge < -0.3 is 36.2 Å². The molecule has 5 rings (SSSR count). The summed E-state index contributed by atoms with van der Waals surface area (Å²) in [5.74, 6) is -5.96. The summed E-state index contributed by atoms with van der Waals surface area (Å²) in [4.78, 5) is 38.8. The number of phenolic OH excluding ortho intramolecular Hbond substituents is 1. The number of benzene rings is 2. The van der Waals surface area contributed by atoms with Crippen LogP contribution < -0.4 is 15.8 Å². The van der Waals surface area contributed by atoms with Crippen LogP contribution in [0, 0.1) is 11.8 Å². The largest absolute Gasteiger partial charge is 0.511 e. The number of nitrogens with one attached hydrogen (secondary N) is 1. The number of aliphatic hydroxyl groups excluding tert-OH is 2. The van der Waals surface area contributed by atoms with E-state index in [2.05, 4.69) is 12.2 Å². The number of rotatable bonds is 7. The molecule has 7 N–H and O–H groups in total. The van der Waals surface area contributed by atoms with Gasteiger partial charge in [-0.05, 0) is 66.6 Å². The van der Waals surface area contributed by atoms with Gasteiger partial charge >= 0.3 is 0 Å². The number of aromatic hydroxyl groups is 1. The van der Waals surface area contributed by atoms with Crippen LogP contribution in [-0.2, 0) is 22.6 Å². The molecule has 10 heteroatoms. The molecule has 2 aromatic carbocycles. The number of Topliss-reactive ketones (excluding diaryl/α,β-unsaturated/α-hetero) is 2. The number of methoxy groups -OCH3 is 1. The van der Waals surface area contributed by atoms with Crippen LogP contribution in [0.25, 0.3) is 11.1 Å². The van der Waals surface area contributed by atoms with E-state index in [1.54, 1.807) is 13.2 Å². The molecule has 1 amide bonds. The highest BCUT2D eigenvalue weighted by Crippen LogP contribution is 2.52. The van der Waals surface area contributed by atoms with E-state index in [1.165, 1.54) is 6.07 Å². The number of nitrogens with two attached hydrogens (primary N) is 1. The summed E-state index contributed by atoms with van der Waals surface area (Å²) in [5.41, 5.74) is 4.60. The minimum atomic E-state index is -2.59. The highest BCUT2D eigenvalue weighted by Gasteiger charge is 2.59. The van der Waals surface area contributed by atoms with E-state index in [1.807, 2.05) is 18.2 Å². The Kier molecular flexibility index (Phi) is 6.93. The number of allylic oxidation sites excluding steroid dienone is 2. The van der Waals surface area contributed by atoms with Gasteiger partial charge in [0.05, 0.1) is 12.7 Å². The minimum Gasteiger partial charge on any atom is -0.511 e. The molecule has 2 aromatic rings. The summed E-state index contributed by atoms with van der Waals surface area (Å²) in [6, 6.07) is 8.87. The maximum absolute atomic E-state index is 13.9. The first kappa shape index (κ1) is 27.4. The normalized spacial score (nSPS) is 24.0. The molecule has 10 nitrogen and oxygen atoms in total. The predicted octanol–water partition coefficient (Wildman–Crippen LogP) is 2.76. The van der Waals surface area contributed by atoms with Crippen molar-refractivity contribution in [2.75, 3.05) is 13.7 Å².